The molecule has 2 atom stereocenters. The average molecular weight is 370 g/mol. The number of ether oxygens (including phenoxy) is 2. The minimum atomic E-state index is -0.982. The van der Waals surface area contributed by atoms with Crippen molar-refractivity contribution in [2.45, 2.75) is 26.1 Å². The van der Waals surface area contributed by atoms with Gasteiger partial charge in [0.1, 0.15) is 11.9 Å². The number of hydrogen-bond acceptors (Lipinski definition) is 6. The lowest BCUT2D eigenvalue weighted by Gasteiger charge is -2.33. The third kappa shape index (κ3) is 3.89. The van der Waals surface area contributed by atoms with Crippen molar-refractivity contribution in [3.8, 4) is 5.75 Å². The second-order valence-corrected chi connectivity index (χ2v) is 6.14. The summed E-state index contributed by atoms with van der Waals surface area (Å²) in [7, 11) is 0. The van der Waals surface area contributed by atoms with Gasteiger partial charge in [0.15, 0.2) is 0 Å². The molecule has 1 aliphatic heterocycles. The molecule has 27 heavy (non-hydrogen) atoms. The Morgan fingerprint density at radius 3 is 2.70 bits per heavy atom. The van der Waals surface area contributed by atoms with Crippen molar-refractivity contribution in [3.63, 3.8) is 0 Å². The van der Waals surface area contributed by atoms with Crippen LogP contribution in [0.3, 0.4) is 0 Å². The summed E-state index contributed by atoms with van der Waals surface area (Å²) in [5, 5.41) is 10.9. The van der Waals surface area contributed by atoms with Gasteiger partial charge in [0.05, 0.1) is 17.2 Å². The summed E-state index contributed by atoms with van der Waals surface area (Å²) < 4.78 is 11.1. The SMILES string of the molecule is CC(=O)N1C[C@@H](C(=O)O[C@H](C)c2cccc([N+](=O)[O-])c2)Oc2ccccc21. The van der Waals surface area contributed by atoms with Gasteiger partial charge < -0.3 is 14.4 Å². The quantitative estimate of drug-likeness (QED) is 0.466. The Morgan fingerprint density at radius 1 is 1.26 bits per heavy atom. The van der Waals surface area contributed by atoms with Gasteiger partial charge in [-0.25, -0.2) is 4.79 Å². The third-order valence-corrected chi connectivity index (χ3v) is 4.26. The standard InChI is InChI=1S/C19H18N2O6/c1-12(14-6-5-7-15(10-14)21(24)25)26-19(23)18-11-20(13(2)22)16-8-3-4-9-17(16)27-18/h3-10,12,18H,11H2,1-2H3/t12-,18+/m1/s1. The number of nitrogens with zero attached hydrogens (tertiary/aromatic N) is 2. The van der Waals surface area contributed by atoms with Gasteiger partial charge in [-0.2, -0.15) is 0 Å². The highest BCUT2D eigenvalue weighted by Crippen LogP contribution is 2.34. The van der Waals surface area contributed by atoms with Gasteiger partial charge in [-0.3, -0.25) is 14.9 Å². The van der Waals surface area contributed by atoms with E-state index in [0.717, 1.165) is 0 Å². The van der Waals surface area contributed by atoms with Crippen LogP contribution in [0, 0.1) is 10.1 Å². The van der Waals surface area contributed by atoms with E-state index < -0.39 is 23.1 Å². The first-order valence-electron chi connectivity index (χ1n) is 8.35. The van der Waals surface area contributed by atoms with Crippen LogP contribution in [0.1, 0.15) is 25.5 Å². The van der Waals surface area contributed by atoms with Crippen LogP contribution in [-0.2, 0) is 14.3 Å². The van der Waals surface area contributed by atoms with Crippen LogP contribution in [0.2, 0.25) is 0 Å². The predicted octanol–water partition coefficient (Wildman–Crippen LogP) is 3.01. The first kappa shape index (κ1) is 18.4. The number of non-ortho nitro benzene ring substituents is 1. The molecule has 0 unspecified atom stereocenters. The van der Waals surface area contributed by atoms with E-state index in [-0.39, 0.29) is 18.1 Å². The number of rotatable bonds is 4. The number of hydrogen-bond donors (Lipinski definition) is 0. The van der Waals surface area contributed by atoms with Crippen molar-refractivity contribution in [1.29, 1.82) is 0 Å². The number of carbonyl (C=O) groups excluding carboxylic acids is 2. The van der Waals surface area contributed by atoms with E-state index in [1.807, 2.05) is 0 Å². The fraction of sp³-hybridized carbons (Fsp3) is 0.263. The van der Waals surface area contributed by atoms with Gasteiger partial charge in [0.2, 0.25) is 12.0 Å². The number of carbonyl (C=O) groups is 2. The molecular weight excluding hydrogens is 352 g/mol. The molecule has 8 nitrogen and oxygen atoms in total. The molecule has 0 N–H and O–H groups in total. The number of para-hydroxylation sites is 2. The first-order valence-corrected chi connectivity index (χ1v) is 8.35. The molecule has 0 bridgehead atoms. The highest BCUT2D eigenvalue weighted by atomic mass is 16.6. The monoisotopic (exact) mass is 370 g/mol. The van der Waals surface area contributed by atoms with Crippen molar-refractivity contribution < 1.29 is 24.0 Å². The molecule has 0 saturated heterocycles. The van der Waals surface area contributed by atoms with E-state index in [1.165, 1.54) is 30.0 Å². The number of nitro groups is 1. The molecule has 8 heteroatoms. The summed E-state index contributed by atoms with van der Waals surface area (Å²) in [6, 6.07) is 12.8. The third-order valence-electron chi connectivity index (χ3n) is 4.26. The lowest BCUT2D eigenvalue weighted by Crippen LogP contribution is -2.47. The summed E-state index contributed by atoms with van der Waals surface area (Å²) in [5.41, 5.74) is 1.01. The van der Waals surface area contributed by atoms with E-state index in [0.29, 0.717) is 17.0 Å². The van der Waals surface area contributed by atoms with Crippen LogP contribution in [-0.4, -0.2) is 29.4 Å². The number of amides is 1. The van der Waals surface area contributed by atoms with E-state index in [4.69, 9.17) is 9.47 Å². The van der Waals surface area contributed by atoms with Crippen LogP contribution in [0.25, 0.3) is 0 Å². The second kappa shape index (κ2) is 7.45. The summed E-state index contributed by atoms with van der Waals surface area (Å²) in [5.74, 6) is -0.436. The maximum Gasteiger partial charge on any atom is 0.349 e. The Kier molecular flexibility index (Phi) is 5.07. The van der Waals surface area contributed by atoms with Crippen molar-refractivity contribution in [3.05, 3.63) is 64.2 Å². The van der Waals surface area contributed by atoms with Crippen LogP contribution in [0.15, 0.2) is 48.5 Å². The summed E-state index contributed by atoms with van der Waals surface area (Å²) in [6.07, 6.45) is -1.69. The Labute approximate surface area is 155 Å². The van der Waals surface area contributed by atoms with Gasteiger partial charge >= 0.3 is 5.97 Å². The molecule has 1 heterocycles. The van der Waals surface area contributed by atoms with Crippen molar-refractivity contribution >= 4 is 23.3 Å². The van der Waals surface area contributed by atoms with E-state index >= 15 is 0 Å². The number of anilines is 1. The van der Waals surface area contributed by atoms with E-state index in [9.17, 15) is 19.7 Å². The summed E-state index contributed by atoms with van der Waals surface area (Å²) in [4.78, 5) is 36.3. The molecule has 0 aliphatic carbocycles. The van der Waals surface area contributed by atoms with Crippen LogP contribution >= 0.6 is 0 Å². The maximum absolute atomic E-state index is 12.6. The van der Waals surface area contributed by atoms with Crippen LogP contribution in [0.5, 0.6) is 5.75 Å². The van der Waals surface area contributed by atoms with E-state index in [1.54, 1.807) is 37.3 Å². The summed E-state index contributed by atoms with van der Waals surface area (Å²) >= 11 is 0. The number of nitro benzene ring substituents is 1. The zero-order valence-electron chi connectivity index (χ0n) is 14.8. The molecule has 2 aromatic rings. The number of esters is 1. The van der Waals surface area contributed by atoms with Crippen LogP contribution in [0.4, 0.5) is 11.4 Å². The molecule has 3 rings (SSSR count). The molecule has 0 radical (unpaired) electrons. The minimum Gasteiger partial charge on any atom is -0.475 e. The maximum atomic E-state index is 12.6. The Morgan fingerprint density at radius 2 is 2.00 bits per heavy atom. The zero-order valence-corrected chi connectivity index (χ0v) is 14.8. The molecule has 0 aromatic heterocycles. The molecule has 0 fully saturated rings. The second-order valence-electron chi connectivity index (χ2n) is 6.14. The predicted molar refractivity (Wildman–Crippen MR) is 96.5 cm³/mol. The highest BCUT2D eigenvalue weighted by Gasteiger charge is 2.34. The molecule has 1 amide bonds. The zero-order chi connectivity index (χ0) is 19.6. The lowest BCUT2D eigenvalue weighted by atomic mass is 10.1. The largest absolute Gasteiger partial charge is 0.475 e. The molecular formula is C19H18N2O6. The van der Waals surface area contributed by atoms with Gasteiger partial charge in [-0.1, -0.05) is 24.3 Å². The average Bonchev–Trinajstić information content (AvgIpc) is 2.66. The smallest absolute Gasteiger partial charge is 0.349 e. The number of fused-ring (bicyclic) bond motifs is 1. The fourth-order valence-electron chi connectivity index (χ4n) is 2.86. The fourth-order valence-corrected chi connectivity index (χ4v) is 2.86. The van der Waals surface area contributed by atoms with Gasteiger partial charge in [0.25, 0.3) is 5.69 Å². The first-order chi connectivity index (χ1) is 12.9. The molecule has 2 aromatic carbocycles. The number of benzene rings is 2. The van der Waals surface area contributed by atoms with E-state index in [2.05, 4.69) is 0 Å². The molecule has 0 spiro atoms. The lowest BCUT2D eigenvalue weighted by molar-refractivity contribution is -0.385. The Hall–Kier alpha value is -3.42. The highest BCUT2D eigenvalue weighted by molar-refractivity contribution is 5.95. The van der Waals surface area contributed by atoms with Gasteiger partial charge in [0, 0.05) is 19.1 Å². The van der Waals surface area contributed by atoms with Crippen molar-refractivity contribution in [2.24, 2.45) is 0 Å². The van der Waals surface area contributed by atoms with Crippen molar-refractivity contribution in [1.82, 2.24) is 0 Å². The molecule has 0 saturated carbocycles. The van der Waals surface area contributed by atoms with Gasteiger partial charge in [-0.15, -0.1) is 0 Å². The van der Waals surface area contributed by atoms with Gasteiger partial charge in [-0.05, 0) is 24.6 Å². The minimum absolute atomic E-state index is 0.0346. The molecule has 1 aliphatic rings. The van der Waals surface area contributed by atoms with Crippen molar-refractivity contribution in [2.75, 3.05) is 11.4 Å². The molecule has 140 valence electrons. The normalized spacial score (nSPS) is 16.7. The Balaban J connectivity index is 1.75. The summed E-state index contributed by atoms with van der Waals surface area (Å²) in [6.45, 7) is 3.07. The Bertz CT molecular complexity index is 897. The topological polar surface area (TPSA) is 99.0 Å². The van der Waals surface area contributed by atoms with Crippen LogP contribution < -0.4 is 9.64 Å².